The molecule has 0 radical (unpaired) electrons. The predicted molar refractivity (Wildman–Crippen MR) is 183 cm³/mol. The van der Waals surface area contributed by atoms with Crippen molar-refractivity contribution < 1.29 is 14.3 Å². The van der Waals surface area contributed by atoms with Gasteiger partial charge in [0.15, 0.2) is 0 Å². The normalized spacial score (nSPS) is 16.6. The van der Waals surface area contributed by atoms with Crippen molar-refractivity contribution in [2.75, 3.05) is 31.1 Å². The Morgan fingerprint density at radius 3 is 2.68 bits per heavy atom. The van der Waals surface area contributed by atoms with E-state index in [4.69, 9.17) is 19.4 Å². The minimum absolute atomic E-state index is 0.0662. The first-order valence-corrected chi connectivity index (χ1v) is 16.3. The zero-order chi connectivity index (χ0) is 33.2. The fourth-order valence-corrected chi connectivity index (χ4v) is 6.96. The van der Waals surface area contributed by atoms with Gasteiger partial charge in [-0.1, -0.05) is 19.9 Å². The number of benzene rings is 2. The lowest BCUT2D eigenvalue weighted by Crippen LogP contribution is -2.57. The van der Waals surface area contributed by atoms with Crippen LogP contribution in [-0.2, 0) is 4.74 Å². The Morgan fingerprint density at radius 1 is 1.11 bits per heavy atom. The van der Waals surface area contributed by atoms with Gasteiger partial charge in [-0.25, -0.2) is 9.59 Å². The molecule has 244 valence electrons. The number of pyridine rings is 1. The molecule has 47 heavy (non-hydrogen) atoms. The van der Waals surface area contributed by atoms with Crippen LogP contribution in [0.2, 0.25) is 0 Å². The lowest BCUT2D eigenvalue weighted by Gasteiger charge is -2.43. The van der Waals surface area contributed by atoms with Gasteiger partial charge in [0, 0.05) is 37.6 Å². The molecule has 3 aromatic heterocycles. The van der Waals surface area contributed by atoms with E-state index in [-0.39, 0.29) is 23.7 Å². The molecule has 11 nitrogen and oxygen atoms in total. The van der Waals surface area contributed by atoms with Crippen molar-refractivity contribution in [3.05, 3.63) is 70.0 Å². The minimum atomic E-state index is -0.592. The smallest absolute Gasteiger partial charge is 0.410 e. The molecule has 0 spiro atoms. The zero-order valence-corrected chi connectivity index (χ0v) is 28.0. The van der Waals surface area contributed by atoms with Gasteiger partial charge >= 0.3 is 11.8 Å². The number of ether oxygens (including phenoxy) is 2. The number of piperazine rings is 1. The monoisotopic (exact) mass is 635 g/mol. The lowest BCUT2D eigenvalue weighted by atomic mass is 9.95. The number of fused-ring (bicyclic) bond motifs is 3. The quantitative estimate of drug-likeness (QED) is 0.246. The highest BCUT2D eigenvalue weighted by molar-refractivity contribution is 6.03. The standard InChI is InChI=1S/C36H41N7O4/c1-20(2)31-32(22(4)10-12-37-31)43-27-16-23(29-21(3)8-9-26-25(29)18-38-40-26)17-28-30(27)33(39-34(43)44)42-14-13-41(19-24(42)11-15-46-28)35(45)47-36(5,6)7/h8-10,12,16-18,20,24H,11,13-15,19H2,1-7H3,(H,38,40). The van der Waals surface area contributed by atoms with Crippen molar-refractivity contribution in [1.29, 1.82) is 0 Å². The lowest BCUT2D eigenvalue weighted by molar-refractivity contribution is 0.0207. The third kappa shape index (κ3) is 5.37. The van der Waals surface area contributed by atoms with Crippen LogP contribution in [0.15, 0.2) is 47.5 Å². The van der Waals surface area contributed by atoms with E-state index in [1.54, 1.807) is 15.7 Å². The average Bonchev–Trinajstić information content (AvgIpc) is 3.48. The molecule has 1 N–H and O–H groups in total. The molecule has 5 aromatic rings. The van der Waals surface area contributed by atoms with Crippen molar-refractivity contribution in [3.8, 4) is 22.6 Å². The summed E-state index contributed by atoms with van der Waals surface area (Å²) in [6.45, 7) is 15.7. The molecule has 1 atom stereocenters. The van der Waals surface area contributed by atoms with Crippen LogP contribution >= 0.6 is 0 Å². The Kier molecular flexibility index (Phi) is 7.45. The van der Waals surface area contributed by atoms with Crippen molar-refractivity contribution in [1.82, 2.24) is 29.6 Å². The van der Waals surface area contributed by atoms with Crippen LogP contribution in [0.1, 0.15) is 63.8 Å². The molecule has 0 aliphatic carbocycles. The zero-order valence-electron chi connectivity index (χ0n) is 28.0. The SMILES string of the molecule is Cc1ccnc(C(C)C)c1-n1c(=O)nc2c3c(cc(-c4c(C)ccc5[nH]ncc45)cc31)OCCC1CN(C(=O)OC(C)(C)C)CCN21. The third-order valence-corrected chi connectivity index (χ3v) is 9.10. The number of nitrogens with zero attached hydrogens (tertiary/aromatic N) is 6. The number of hydrogen-bond donors (Lipinski definition) is 1. The Hall–Kier alpha value is -4.93. The molecule has 7 rings (SSSR count). The van der Waals surface area contributed by atoms with Gasteiger partial charge in [0.05, 0.1) is 46.6 Å². The van der Waals surface area contributed by atoms with E-state index in [2.05, 4.69) is 54.1 Å². The van der Waals surface area contributed by atoms with Gasteiger partial charge in [-0.2, -0.15) is 10.1 Å². The summed E-state index contributed by atoms with van der Waals surface area (Å²) in [6, 6.07) is 10.1. The first kappa shape index (κ1) is 30.7. The molecule has 2 aliphatic rings. The van der Waals surface area contributed by atoms with E-state index in [0.29, 0.717) is 49.7 Å². The Morgan fingerprint density at radius 2 is 1.91 bits per heavy atom. The van der Waals surface area contributed by atoms with Crippen molar-refractivity contribution in [2.24, 2.45) is 0 Å². The number of aromatic nitrogens is 5. The molecule has 0 saturated carbocycles. The molecule has 1 saturated heterocycles. The number of amides is 1. The number of carbonyl (C=O) groups is 1. The molecule has 5 heterocycles. The molecule has 1 unspecified atom stereocenters. The van der Waals surface area contributed by atoms with Gasteiger partial charge in [0.1, 0.15) is 17.2 Å². The number of rotatable bonds is 3. The summed E-state index contributed by atoms with van der Waals surface area (Å²) in [7, 11) is 0. The van der Waals surface area contributed by atoms with Crippen molar-refractivity contribution in [3.63, 3.8) is 0 Å². The number of H-pyrrole nitrogens is 1. The summed E-state index contributed by atoms with van der Waals surface area (Å²) >= 11 is 0. The van der Waals surface area contributed by atoms with Crippen LogP contribution < -0.4 is 15.3 Å². The molecule has 0 bridgehead atoms. The average molecular weight is 636 g/mol. The van der Waals surface area contributed by atoms with E-state index in [0.717, 1.165) is 49.9 Å². The number of hydrogen-bond acceptors (Lipinski definition) is 8. The van der Waals surface area contributed by atoms with E-state index in [1.165, 1.54) is 0 Å². The molecular formula is C36H41N7O4. The van der Waals surface area contributed by atoms with Crippen molar-refractivity contribution in [2.45, 2.75) is 72.4 Å². The first-order chi connectivity index (χ1) is 22.4. The van der Waals surface area contributed by atoms with Gasteiger partial charge in [0.2, 0.25) is 0 Å². The van der Waals surface area contributed by atoms with E-state index in [9.17, 15) is 9.59 Å². The third-order valence-electron chi connectivity index (χ3n) is 9.10. The second-order valence-corrected chi connectivity index (χ2v) is 13.9. The number of anilines is 1. The maximum atomic E-state index is 14.4. The highest BCUT2D eigenvalue weighted by Gasteiger charge is 2.36. The minimum Gasteiger partial charge on any atom is -0.493 e. The second-order valence-electron chi connectivity index (χ2n) is 13.9. The summed E-state index contributed by atoms with van der Waals surface area (Å²) in [5, 5.41) is 9.16. The summed E-state index contributed by atoms with van der Waals surface area (Å²) in [4.78, 5) is 40.9. The fourth-order valence-electron chi connectivity index (χ4n) is 6.96. The van der Waals surface area contributed by atoms with Crippen LogP contribution in [0.4, 0.5) is 10.6 Å². The molecule has 2 aliphatic heterocycles. The van der Waals surface area contributed by atoms with E-state index in [1.807, 2.05) is 46.0 Å². The Bertz CT molecular complexity index is 2090. The van der Waals surface area contributed by atoms with Gasteiger partial charge in [0.25, 0.3) is 0 Å². The van der Waals surface area contributed by atoms with Gasteiger partial charge in [-0.3, -0.25) is 14.6 Å². The largest absolute Gasteiger partial charge is 0.493 e. The molecule has 11 heteroatoms. The van der Waals surface area contributed by atoms with Crippen LogP contribution in [-0.4, -0.2) is 73.6 Å². The van der Waals surface area contributed by atoms with Gasteiger partial charge < -0.3 is 19.3 Å². The topological polar surface area (TPSA) is 118 Å². The maximum Gasteiger partial charge on any atom is 0.410 e. The number of aromatic amines is 1. The Labute approximate surface area is 273 Å². The summed E-state index contributed by atoms with van der Waals surface area (Å²) in [5.41, 5.74) is 6.15. The number of nitrogens with one attached hydrogen (secondary N) is 1. The molecular weight excluding hydrogens is 594 g/mol. The second kappa shape index (κ2) is 11.4. The van der Waals surface area contributed by atoms with Crippen LogP contribution in [0.3, 0.4) is 0 Å². The summed E-state index contributed by atoms with van der Waals surface area (Å²) in [5.74, 6) is 1.30. The highest BCUT2D eigenvalue weighted by Crippen LogP contribution is 2.43. The van der Waals surface area contributed by atoms with Crippen molar-refractivity contribution >= 4 is 33.7 Å². The highest BCUT2D eigenvalue weighted by atomic mass is 16.6. The maximum absolute atomic E-state index is 14.4. The van der Waals surface area contributed by atoms with Crippen LogP contribution in [0, 0.1) is 13.8 Å². The molecule has 1 amide bonds. The summed E-state index contributed by atoms with van der Waals surface area (Å²) < 4.78 is 14.0. The molecule has 2 aromatic carbocycles. The Balaban J connectivity index is 1.48. The predicted octanol–water partition coefficient (Wildman–Crippen LogP) is 6.27. The number of aryl methyl sites for hydroxylation is 2. The van der Waals surface area contributed by atoms with E-state index >= 15 is 0 Å². The van der Waals surface area contributed by atoms with Gasteiger partial charge in [-0.15, -0.1) is 0 Å². The van der Waals surface area contributed by atoms with Crippen LogP contribution in [0.5, 0.6) is 5.75 Å². The summed E-state index contributed by atoms with van der Waals surface area (Å²) in [6.07, 6.45) is 3.94. The first-order valence-electron chi connectivity index (χ1n) is 16.3. The van der Waals surface area contributed by atoms with Crippen LogP contribution in [0.25, 0.3) is 38.6 Å². The van der Waals surface area contributed by atoms with E-state index < -0.39 is 5.60 Å². The fraction of sp³-hybridized carbons (Fsp3) is 0.417. The number of carbonyl (C=O) groups excluding carboxylic acids is 1. The molecule has 1 fully saturated rings. The van der Waals surface area contributed by atoms with Gasteiger partial charge in [-0.05, 0) is 87.1 Å².